The van der Waals surface area contributed by atoms with Crippen LogP contribution in [0, 0.1) is 0 Å². The van der Waals surface area contributed by atoms with E-state index in [2.05, 4.69) is 0 Å². The van der Waals surface area contributed by atoms with Crippen LogP contribution in [-0.4, -0.2) is 25.0 Å². The van der Waals surface area contributed by atoms with Crippen molar-refractivity contribution in [2.24, 2.45) is 0 Å². The number of anilines is 1. The van der Waals surface area contributed by atoms with Crippen LogP contribution in [0.4, 0.5) is 5.69 Å². The van der Waals surface area contributed by atoms with Crippen molar-refractivity contribution in [3.63, 3.8) is 0 Å². The fraction of sp³-hybridized carbons (Fsp3) is 0.333. The Morgan fingerprint density at radius 3 is 1.90 bits per heavy atom. The van der Waals surface area contributed by atoms with Gasteiger partial charge in [-0.25, -0.2) is 0 Å². The van der Waals surface area contributed by atoms with Crippen LogP contribution in [0.3, 0.4) is 0 Å². The van der Waals surface area contributed by atoms with Crippen molar-refractivity contribution in [3.8, 4) is 0 Å². The smallest absolute Gasteiger partial charge is 0.548 e. The minimum atomic E-state index is -1.32. The van der Waals surface area contributed by atoms with E-state index in [9.17, 15) is 19.8 Å². The average Bonchev–Trinajstić information content (AvgIpc) is 2.27. The zero-order valence-electron chi connectivity index (χ0n) is 11.4. The second-order valence-electron chi connectivity index (χ2n) is 3.58. The molecule has 0 saturated carbocycles. The third-order valence-corrected chi connectivity index (χ3v) is 2.35. The number of aliphatic carboxylic acids is 2. The summed E-state index contributed by atoms with van der Waals surface area (Å²) < 4.78 is 0. The Labute approximate surface area is 129 Å². The second-order valence-corrected chi connectivity index (χ2v) is 3.58. The van der Waals surface area contributed by atoms with E-state index in [0.29, 0.717) is 12.1 Å². The minimum Gasteiger partial charge on any atom is -0.548 e. The third kappa shape index (κ3) is 7.18. The quantitative estimate of drug-likeness (QED) is 0.393. The maximum Gasteiger partial charge on any atom is 2.00 e. The van der Waals surface area contributed by atoms with Crippen molar-refractivity contribution in [3.05, 3.63) is 29.8 Å². The molecule has 0 aliphatic rings. The van der Waals surface area contributed by atoms with Gasteiger partial charge in [0, 0.05) is 5.69 Å². The van der Waals surface area contributed by atoms with Gasteiger partial charge in [0.05, 0.1) is 25.0 Å². The maximum absolute atomic E-state index is 10.6. The summed E-state index contributed by atoms with van der Waals surface area (Å²) in [6.45, 7) is 0.977. The molecule has 0 heterocycles. The molecule has 0 aliphatic carbocycles. The van der Waals surface area contributed by atoms with Crippen LogP contribution >= 0.6 is 0 Å². The zero-order chi connectivity index (χ0) is 12.8. The van der Waals surface area contributed by atoms with Gasteiger partial charge >= 0.3 is 19.5 Å². The molecule has 0 saturated heterocycles. The van der Waals surface area contributed by atoms with Crippen LogP contribution in [0.2, 0.25) is 0 Å². The molecule has 1 rings (SSSR count). The van der Waals surface area contributed by atoms with Gasteiger partial charge in [0.1, 0.15) is 0 Å². The van der Waals surface area contributed by atoms with Crippen molar-refractivity contribution in [2.75, 3.05) is 18.0 Å². The Morgan fingerprint density at radius 1 is 1.05 bits per heavy atom. The molecule has 0 aromatic heterocycles. The van der Waals surface area contributed by atoms with E-state index in [4.69, 9.17) is 0 Å². The van der Waals surface area contributed by atoms with Gasteiger partial charge in [-0.05, 0) is 18.1 Å². The molecule has 0 aliphatic heterocycles. The van der Waals surface area contributed by atoms with E-state index in [1.807, 2.05) is 19.1 Å². The number of hydrogen-bond donors (Lipinski definition) is 0. The molecule has 0 spiro atoms. The number of aryl methyl sites for hydroxylation is 1. The number of para-hydroxylation sites is 1. The van der Waals surface area contributed by atoms with Gasteiger partial charge in [0.15, 0.2) is 0 Å². The first-order valence-electron chi connectivity index (χ1n) is 5.27. The van der Waals surface area contributed by atoms with Crippen LogP contribution in [-0.2, 0) is 46.4 Å². The number of rotatable bonds is 6. The molecule has 0 unspecified atom stereocenters. The van der Waals surface area contributed by atoms with E-state index in [-0.39, 0.29) is 30.4 Å². The van der Waals surface area contributed by atoms with Crippen molar-refractivity contribution in [1.29, 1.82) is 0 Å². The summed E-state index contributed by atoms with van der Waals surface area (Å²) in [7, 11) is 0. The van der Waals surface area contributed by atoms with Gasteiger partial charge in [0.2, 0.25) is 0 Å². The minimum absolute atomic E-state index is 0. The van der Waals surface area contributed by atoms with E-state index in [0.717, 1.165) is 5.56 Å². The first kappa shape index (κ1) is 23.6. The number of carboxylic acid groups (broad SMARTS) is 2. The van der Waals surface area contributed by atoms with Crippen molar-refractivity contribution < 1.29 is 50.2 Å². The van der Waals surface area contributed by atoms with Gasteiger partial charge in [-0.2, -0.15) is 0 Å². The van der Waals surface area contributed by atoms with Crippen LogP contribution in [0.1, 0.15) is 12.5 Å². The molecule has 0 amide bonds. The fourth-order valence-electron chi connectivity index (χ4n) is 1.66. The molecule has 6 N–H and O–H groups in total. The Kier molecular flexibility index (Phi) is 13.4. The van der Waals surface area contributed by atoms with Crippen molar-refractivity contribution in [2.45, 2.75) is 13.3 Å². The number of carboxylic acids is 2. The molecule has 0 atom stereocenters. The summed E-state index contributed by atoms with van der Waals surface area (Å²) in [5.74, 6) is -2.64. The SMILES string of the molecule is CCc1ccccc1N(CC(=O)[O-])CC(=O)[O-].[OH3+].[OH3+].[Zn+2]. The largest absolute Gasteiger partial charge is 2.00 e. The molecule has 7 nitrogen and oxygen atoms in total. The third-order valence-electron chi connectivity index (χ3n) is 2.35. The van der Waals surface area contributed by atoms with E-state index >= 15 is 0 Å². The Morgan fingerprint density at radius 2 is 1.50 bits per heavy atom. The van der Waals surface area contributed by atoms with Crippen LogP contribution in [0.15, 0.2) is 24.3 Å². The monoisotopic (exact) mass is 337 g/mol. The molecule has 8 heteroatoms. The molecule has 1 aromatic rings. The molecular formula is C12H19NO6Zn+2. The van der Waals surface area contributed by atoms with Crippen LogP contribution < -0.4 is 15.1 Å². The standard InChI is InChI=1S/C12H15NO4.2H2O.Zn/c1-2-9-5-3-4-6-10(9)13(7-11(14)15)8-12(16)17;;;/h3-6H,2,7-8H2,1H3,(H,14,15)(H,16,17);2*1H2;/q;;;+2. The predicted octanol–water partition coefficient (Wildman–Crippen LogP) is -3.29. The summed E-state index contributed by atoms with van der Waals surface area (Å²) in [6, 6.07) is 7.06. The van der Waals surface area contributed by atoms with Gasteiger partial charge in [0.25, 0.3) is 0 Å². The molecular weight excluding hydrogens is 320 g/mol. The number of hydrogen-bond acceptors (Lipinski definition) is 5. The Balaban J connectivity index is -0.000000963. The molecule has 108 valence electrons. The zero-order valence-corrected chi connectivity index (χ0v) is 14.3. The first-order chi connectivity index (χ1) is 8.04. The van der Waals surface area contributed by atoms with E-state index in [1.54, 1.807) is 12.1 Å². The molecule has 1 aromatic carbocycles. The summed E-state index contributed by atoms with van der Waals surface area (Å²) in [4.78, 5) is 22.4. The van der Waals surface area contributed by atoms with Gasteiger partial charge in [-0.15, -0.1) is 0 Å². The maximum atomic E-state index is 10.6. The molecule has 0 fully saturated rings. The summed E-state index contributed by atoms with van der Waals surface area (Å²) in [5.41, 5.74) is 1.47. The van der Waals surface area contributed by atoms with Crippen LogP contribution in [0.25, 0.3) is 0 Å². The Hall–Kier alpha value is -1.50. The van der Waals surface area contributed by atoms with E-state index in [1.165, 1.54) is 4.90 Å². The van der Waals surface area contributed by atoms with Crippen molar-refractivity contribution in [1.82, 2.24) is 0 Å². The predicted molar refractivity (Wildman–Crippen MR) is 67.8 cm³/mol. The topological polar surface area (TPSA) is 150 Å². The normalized spacial score (nSPS) is 8.45. The average molecular weight is 339 g/mol. The number of carbonyl (C=O) groups excluding carboxylic acids is 2. The second kappa shape index (κ2) is 11.3. The van der Waals surface area contributed by atoms with Crippen LogP contribution in [0.5, 0.6) is 0 Å². The number of benzene rings is 1. The number of carbonyl (C=O) groups is 2. The Bertz CT molecular complexity index is 410. The number of nitrogens with zero attached hydrogens (tertiary/aromatic N) is 1. The van der Waals surface area contributed by atoms with Gasteiger partial charge < -0.3 is 35.7 Å². The van der Waals surface area contributed by atoms with Gasteiger partial charge in [-0.1, -0.05) is 25.1 Å². The summed E-state index contributed by atoms with van der Waals surface area (Å²) >= 11 is 0. The fourth-order valence-corrected chi connectivity index (χ4v) is 1.66. The molecule has 20 heavy (non-hydrogen) atoms. The van der Waals surface area contributed by atoms with Crippen molar-refractivity contribution >= 4 is 17.6 Å². The summed E-state index contributed by atoms with van der Waals surface area (Å²) in [6.07, 6.45) is 0.687. The van der Waals surface area contributed by atoms with E-state index < -0.39 is 25.0 Å². The molecule has 0 bridgehead atoms. The molecule has 0 radical (unpaired) electrons. The van der Waals surface area contributed by atoms with Gasteiger partial charge in [-0.3, -0.25) is 0 Å². The first-order valence-corrected chi connectivity index (χ1v) is 5.27. The summed E-state index contributed by atoms with van der Waals surface area (Å²) in [5, 5.41) is 21.2.